The third-order valence-corrected chi connectivity index (χ3v) is 6.14. The van der Waals surface area contributed by atoms with Crippen molar-refractivity contribution >= 4 is 11.6 Å². The number of nitrogens with one attached hydrogen (secondary N) is 2. The minimum absolute atomic E-state index is 0.0258. The predicted molar refractivity (Wildman–Crippen MR) is 133 cm³/mol. The van der Waals surface area contributed by atoms with Crippen LogP contribution >= 0.6 is 0 Å². The van der Waals surface area contributed by atoms with Gasteiger partial charge in [-0.25, -0.2) is 0 Å². The van der Waals surface area contributed by atoms with E-state index >= 15 is 0 Å². The van der Waals surface area contributed by atoms with Crippen molar-refractivity contribution < 1.29 is 9.53 Å². The van der Waals surface area contributed by atoms with E-state index in [0.717, 1.165) is 43.6 Å². The molecule has 3 aromatic rings. The Balaban J connectivity index is 1.46. The van der Waals surface area contributed by atoms with Crippen LogP contribution in [0.4, 0.5) is 5.69 Å². The molecule has 3 aromatic carbocycles. The first-order valence-electron chi connectivity index (χ1n) is 11.8. The summed E-state index contributed by atoms with van der Waals surface area (Å²) < 4.78 is 6.06. The van der Waals surface area contributed by atoms with E-state index in [9.17, 15) is 4.79 Å². The predicted octanol–water partition coefficient (Wildman–Crippen LogP) is 5.44. The molecule has 1 amide bonds. The highest BCUT2D eigenvalue weighted by Crippen LogP contribution is 2.27. The van der Waals surface area contributed by atoms with Crippen molar-refractivity contribution in [3.63, 3.8) is 0 Å². The fraction of sp³-hybridized carbons (Fsp3) is 0.321. The van der Waals surface area contributed by atoms with Crippen LogP contribution in [0.2, 0.25) is 0 Å². The maximum Gasteiger partial charge on any atom is 0.252 e. The SMILES string of the molecule is CNc1ccc(C(=O)NC2CCCCCN2Cc2ccccc2)cc1OCc1ccccc1. The molecule has 0 aromatic heterocycles. The highest BCUT2D eigenvalue weighted by atomic mass is 16.5. The number of ether oxygens (including phenoxy) is 1. The van der Waals surface area contributed by atoms with Gasteiger partial charge in [-0.05, 0) is 42.2 Å². The molecule has 33 heavy (non-hydrogen) atoms. The Morgan fingerprint density at radius 1 is 0.939 bits per heavy atom. The number of carbonyl (C=O) groups is 1. The van der Waals surface area contributed by atoms with Gasteiger partial charge in [0, 0.05) is 25.7 Å². The lowest BCUT2D eigenvalue weighted by atomic mass is 10.1. The van der Waals surface area contributed by atoms with E-state index in [-0.39, 0.29) is 12.1 Å². The van der Waals surface area contributed by atoms with Gasteiger partial charge in [-0.15, -0.1) is 0 Å². The second-order valence-electron chi connectivity index (χ2n) is 8.53. The van der Waals surface area contributed by atoms with E-state index in [2.05, 4.69) is 39.8 Å². The zero-order valence-corrected chi connectivity index (χ0v) is 19.3. The molecule has 4 rings (SSSR count). The molecule has 2 N–H and O–H groups in total. The van der Waals surface area contributed by atoms with Gasteiger partial charge in [0.15, 0.2) is 0 Å². The number of amides is 1. The van der Waals surface area contributed by atoms with Crippen molar-refractivity contribution in [2.45, 2.75) is 45.0 Å². The Morgan fingerprint density at radius 3 is 2.39 bits per heavy atom. The molecule has 1 atom stereocenters. The second-order valence-corrected chi connectivity index (χ2v) is 8.53. The third-order valence-electron chi connectivity index (χ3n) is 6.14. The Kier molecular flexibility index (Phi) is 7.99. The van der Waals surface area contributed by atoms with E-state index in [1.54, 1.807) is 0 Å². The maximum atomic E-state index is 13.2. The quantitative estimate of drug-likeness (QED) is 0.487. The normalized spacial score (nSPS) is 16.6. The van der Waals surface area contributed by atoms with E-state index in [0.29, 0.717) is 17.9 Å². The fourth-order valence-corrected chi connectivity index (χ4v) is 4.30. The maximum absolute atomic E-state index is 13.2. The van der Waals surface area contributed by atoms with E-state index in [1.807, 2.05) is 61.6 Å². The molecular weight excluding hydrogens is 410 g/mol. The number of carbonyl (C=O) groups excluding carboxylic acids is 1. The molecule has 1 unspecified atom stereocenters. The summed E-state index contributed by atoms with van der Waals surface area (Å²) in [6, 6.07) is 26.1. The summed E-state index contributed by atoms with van der Waals surface area (Å²) in [6.45, 7) is 2.29. The summed E-state index contributed by atoms with van der Waals surface area (Å²) in [5.41, 5.74) is 3.83. The van der Waals surface area contributed by atoms with Gasteiger partial charge in [0.2, 0.25) is 0 Å². The van der Waals surface area contributed by atoms with Crippen LogP contribution in [0.25, 0.3) is 0 Å². The summed E-state index contributed by atoms with van der Waals surface area (Å²) in [6.07, 6.45) is 4.47. The number of nitrogens with zero attached hydrogens (tertiary/aromatic N) is 1. The molecule has 0 saturated carbocycles. The molecule has 1 fully saturated rings. The first-order chi connectivity index (χ1) is 16.2. The Hall–Kier alpha value is -3.31. The molecule has 0 bridgehead atoms. The number of hydrogen-bond acceptors (Lipinski definition) is 4. The molecular formula is C28H33N3O2. The average molecular weight is 444 g/mol. The van der Waals surface area contributed by atoms with Crippen LogP contribution in [0, 0.1) is 0 Å². The van der Waals surface area contributed by atoms with Crippen LogP contribution in [0.1, 0.15) is 47.2 Å². The number of anilines is 1. The third kappa shape index (κ3) is 6.36. The number of hydrogen-bond donors (Lipinski definition) is 2. The van der Waals surface area contributed by atoms with Gasteiger partial charge in [-0.3, -0.25) is 9.69 Å². The van der Waals surface area contributed by atoms with Gasteiger partial charge in [0.05, 0.1) is 11.9 Å². The van der Waals surface area contributed by atoms with E-state index in [4.69, 9.17) is 4.74 Å². The molecule has 1 saturated heterocycles. The van der Waals surface area contributed by atoms with E-state index in [1.165, 1.54) is 12.0 Å². The van der Waals surface area contributed by atoms with E-state index < -0.39 is 0 Å². The zero-order chi connectivity index (χ0) is 22.9. The molecule has 0 aliphatic carbocycles. The van der Waals surface area contributed by atoms with Gasteiger partial charge in [0.25, 0.3) is 5.91 Å². The number of likely N-dealkylation sites (tertiary alicyclic amines) is 1. The van der Waals surface area contributed by atoms with Crippen molar-refractivity contribution in [1.82, 2.24) is 10.2 Å². The van der Waals surface area contributed by atoms with Crippen molar-refractivity contribution in [3.8, 4) is 5.75 Å². The van der Waals surface area contributed by atoms with Crippen LogP contribution in [0.5, 0.6) is 5.75 Å². The van der Waals surface area contributed by atoms with Crippen LogP contribution in [0.3, 0.4) is 0 Å². The van der Waals surface area contributed by atoms with Crippen molar-refractivity contribution in [1.29, 1.82) is 0 Å². The van der Waals surface area contributed by atoms with Crippen LogP contribution in [0.15, 0.2) is 78.9 Å². The molecule has 5 nitrogen and oxygen atoms in total. The molecule has 5 heteroatoms. The molecule has 1 heterocycles. The largest absolute Gasteiger partial charge is 0.487 e. The Morgan fingerprint density at radius 2 is 1.67 bits per heavy atom. The molecule has 1 aliphatic rings. The minimum atomic E-state index is -0.0628. The zero-order valence-electron chi connectivity index (χ0n) is 19.3. The highest BCUT2D eigenvalue weighted by molar-refractivity contribution is 5.95. The summed E-state index contributed by atoms with van der Waals surface area (Å²) in [4.78, 5) is 15.6. The Bertz CT molecular complexity index is 1020. The number of benzene rings is 3. The van der Waals surface area contributed by atoms with Gasteiger partial charge >= 0.3 is 0 Å². The highest BCUT2D eigenvalue weighted by Gasteiger charge is 2.23. The average Bonchev–Trinajstić information content (AvgIpc) is 3.08. The first kappa shape index (κ1) is 22.9. The fourth-order valence-electron chi connectivity index (χ4n) is 4.30. The summed E-state index contributed by atoms with van der Waals surface area (Å²) in [5.74, 6) is 0.614. The van der Waals surface area contributed by atoms with Crippen LogP contribution < -0.4 is 15.4 Å². The summed E-state index contributed by atoms with van der Waals surface area (Å²) >= 11 is 0. The van der Waals surface area contributed by atoms with Crippen molar-refractivity contribution in [3.05, 3.63) is 95.6 Å². The van der Waals surface area contributed by atoms with Gasteiger partial charge in [-0.2, -0.15) is 0 Å². The Labute approximate surface area is 196 Å². The minimum Gasteiger partial charge on any atom is -0.487 e. The lowest BCUT2D eigenvalue weighted by Crippen LogP contribution is -2.47. The summed E-state index contributed by atoms with van der Waals surface area (Å²) in [5, 5.41) is 6.45. The lowest BCUT2D eigenvalue weighted by Gasteiger charge is -2.30. The van der Waals surface area contributed by atoms with Crippen LogP contribution in [-0.2, 0) is 13.2 Å². The van der Waals surface area contributed by atoms with Crippen LogP contribution in [-0.4, -0.2) is 30.6 Å². The standard InChI is InChI=1S/C28H33N3O2/c1-29-25-17-16-24(19-26(25)33-21-23-13-7-3-8-14-23)28(32)30-27-15-9-4-10-18-31(27)20-22-11-5-2-6-12-22/h2-3,5-8,11-14,16-17,19,27,29H,4,9-10,15,18,20-21H2,1H3,(H,30,32). The monoisotopic (exact) mass is 443 g/mol. The van der Waals surface area contributed by atoms with Gasteiger partial charge in [-0.1, -0.05) is 73.5 Å². The molecule has 0 radical (unpaired) electrons. The first-order valence-corrected chi connectivity index (χ1v) is 11.8. The van der Waals surface area contributed by atoms with Gasteiger partial charge in [0.1, 0.15) is 12.4 Å². The second kappa shape index (κ2) is 11.5. The number of rotatable bonds is 8. The molecule has 172 valence electrons. The topological polar surface area (TPSA) is 53.6 Å². The molecule has 1 aliphatic heterocycles. The van der Waals surface area contributed by atoms with Crippen molar-refractivity contribution in [2.24, 2.45) is 0 Å². The summed E-state index contributed by atoms with van der Waals surface area (Å²) in [7, 11) is 1.86. The molecule has 0 spiro atoms. The van der Waals surface area contributed by atoms with Gasteiger partial charge < -0.3 is 15.4 Å². The smallest absolute Gasteiger partial charge is 0.252 e. The lowest BCUT2D eigenvalue weighted by molar-refractivity contribution is 0.0837. The van der Waals surface area contributed by atoms with Crippen molar-refractivity contribution in [2.75, 3.05) is 18.9 Å².